The van der Waals surface area contributed by atoms with Gasteiger partial charge in [-0.05, 0) is 12.8 Å². The van der Waals surface area contributed by atoms with Gasteiger partial charge in [0.05, 0.1) is 0 Å². The molecule has 0 bridgehead atoms. The summed E-state index contributed by atoms with van der Waals surface area (Å²) in [6.45, 7) is 0.635. The molecule has 4 N–H and O–H groups in total. The molecule has 1 aliphatic carbocycles. The van der Waals surface area contributed by atoms with Crippen LogP contribution in [0.5, 0.6) is 0 Å². The van der Waals surface area contributed by atoms with E-state index in [1.807, 2.05) is 0 Å². The molecule has 0 radical (unpaired) electrons. The summed E-state index contributed by atoms with van der Waals surface area (Å²) in [6.07, 6.45) is 2.38. The first-order chi connectivity index (χ1) is 6.33. The lowest BCUT2D eigenvalue weighted by Crippen LogP contribution is -2.14. The molecule has 1 aromatic rings. The SMILES string of the molecule is NCCSc1nnc(C2CC2)n1N. The maximum atomic E-state index is 5.82. The topological polar surface area (TPSA) is 82.8 Å². The van der Waals surface area contributed by atoms with Gasteiger partial charge in [0, 0.05) is 18.2 Å². The standard InChI is InChI=1S/C7H13N5S/c8-3-4-13-7-11-10-6(12(7)9)5-1-2-5/h5H,1-4,8-9H2. The van der Waals surface area contributed by atoms with Gasteiger partial charge in [-0.25, -0.2) is 4.68 Å². The van der Waals surface area contributed by atoms with E-state index in [9.17, 15) is 0 Å². The molecule has 0 aliphatic heterocycles. The Morgan fingerprint density at radius 3 is 2.85 bits per heavy atom. The van der Waals surface area contributed by atoms with Crippen LogP contribution in [0.4, 0.5) is 0 Å². The van der Waals surface area contributed by atoms with Crippen molar-refractivity contribution in [2.75, 3.05) is 18.1 Å². The van der Waals surface area contributed by atoms with Crippen molar-refractivity contribution in [2.45, 2.75) is 23.9 Å². The van der Waals surface area contributed by atoms with Crippen molar-refractivity contribution >= 4 is 11.8 Å². The van der Waals surface area contributed by atoms with E-state index in [-0.39, 0.29) is 0 Å². The molecule has 2 rings (SSSR count). The summed E-state index contributed by atoms with van der Waals surface area (Å²) in [5.74, 6) is 8.11. The lowest BCUT2D eigenvalue weighted by atomic mass is 10.4. The predicted octanol–water partition coefficient (Wildman–Crippen LogP) is -0.0799. The van der Waals surface area contributed by atoms with Crippen LogP contribution < -0.4 is 11.6 Å². The second-order valence-electron chi connectivity index (χ2n) is 3.12. The average Bonchev–Trinajstić information content (AvgIpc) is 2.89. The van der Waals surface area contributed by atoms with Gasteiger partial charge in [-0.1, -0.05) is 11.8 Å². The highest BCUT2D eigenvalue weighted by Crippen LogP contribution is 2.39. The Balaban J connectivity index is 2.08. The number of rotatable bonds is 4. The Hall–Kier alpha value is -0.750. The summed E-state index contributed by atoms with van der Waals surface area (Å²) in [6, 6.07) is 0. The van der Waals surface area contributed by atoms with Crippen molar-refractivity contribution in [3.63, 3.8) is 0 Å². The number of nitrogen functional groups attached to an aromatic ring is 1. The minimum absolute atomic E-state index is 0.546. The van der Waals surface area contributed by atoms with Crippen LogP contribution in [0, 0.1) is 0 Å². The highest BCUT2D eigenvalue weighted by Gasteiger charge is 2.29. The Kier molecular flexibility index (Phi) is 2.41. The molecule has 72 valence electrons. The van der Waals surface area contributed by atoms with E-state index in [4.69, 9.17) is 11.6 Å². The zero-order chi connectivity index (χ0) is 9.26. The predicted molar refractivity (Wildman–Crippen MR) is 51.9 cm³/mol. The molecule has 1 fully saturated rings. The van der Waals surface area contributed by atoms with Gasteiger partial charge in [-0.15, -0.1) is 10.2 Å². The normalized spacial score (nSPS) is 16.4. The molecule has 13 heavy (non-hydrogen) atoms. The lowest BCUT2D eigenvalue weighted by molar-refractivity contribution is 0.790. The van der Waals surface area contributed by atoms with Gasteiger partial charge in [0.25, 0.3) is 0 Å². The molecule has 0 aromatic carbocycles. The molecule has 0 amide bonds. The zero-order valence-corrected chi connectivity index (χ0v) is 8.13. The fourth-order valence-corrected chi connectivity index (χ4v) is 1.79. The number of aromatic nitrogens is 3. The van der Waals surface area contributed by atoms with Crippen molar-refractivity contribution in [2.24, 2.45) is 5.73 Å². The van der Waals surface area contributed by atoms with Crippen molar-refractivity contribution < 1.29 is 0 Å². The summed E-state index contributed by atoms with van der Waals surface area (Å²) in [5.41, 5.74) is 5.39. The van der Waals surface area contributed by atoms with E-state index in [2.05, 4.69) is 10.2 Å². The number of nitrogens with two attached hydrogens (primary N) is 2. The first kappa shape index (κ1) is 8.83. The van der Waals surface area contributed by atoms with Crippen LogP contribution in [-0.2, 0) is 0 Å². The average molecular weight is 199 g/mol. The lowest BCUT2D eigenvalue weighted by Gasteiger charge is -2.00. The highest BCUT2D eigenvalue weighted by atomic mass is 32.2. The molecular formula is C7H13N5S. The molecule has 1 saturated carbocycles. The largest absolute Gasteiger partial charge is 0.336 e. The summed E-state index contributed by atoms with van der Waals surface area (Å²) in [7, 11) is 0. The van der Waals surface area contributed by atoms with Gasteiger partial charge in [0.1, 0.15) is 0 Å². The van der Waals surface area contributed by atoms with Crippen molar-refractivity contribution in [1.29, 1.82) is 0 Å². The smallest absolute Gasteiger partial charge is 0.209 e. The van der Waals surface area contributed by atoms with Crippen LogP contribution in [0.2, 0.25) is 0 Å². The van der Waals surface area contributed by atoms with Gasteiger partial charge in [0.2, 0.25) is 5.16 Å². The van der Waals surface area contributed by atoms with Crippen LogP contribution >= 0.6 is 11.8 Å². The Labute approximate surface area is 80.9 Å². The Morgan fingerprint density at radius 1 is 1.46 bits per heavy atom. The molecule has 6 heteroatoms. The molecule has 5 nitrogen and oxygen atoms in total. The van der Waals surface area contributed by atoms with E-state index in [0.717, 1.165) is 16.7 Å². The quantitative estimate of drug-likeness (QED) is 0.523. The molecule has 0 atom stereocenters. The minimum atomic E-state index is 0.546. The van der Waals surface area contributed by atoms with E-state index in [1.54, 1.807) is 16.4 Å². The number of thioether (sulfide) groups is 1. The third kappa shape index (κ3) is 1.78. The third-order valence-electron chi connectivity index (χ3n) is 1.98. The zero-order valence-electron chi connectivity index (χ0n) is 7.31. The molecule has 1 heterocycles. The van der Waals surface area contributed by atoms with Gasteiger partial charge >= 0.3 is 0 Å². The van der Waals surface area contributed by atoms with E-state index < -0.39 is 0 Å². The highest BCUT2D eigenvalue weighted by molar-refractivity contribution is 7.99. The summed E-state index contributed by atoms with van der Waals surface area (Å²) < 4.78 is 1.60. The van der Waals surface area contributed by atoms with Gasteiger partial charge in [0.15, 0.2) is 5.82 Å². The number of hydrogen-bond acceptors (Lipinski definition) is 5. The summed E-state index contributed by atoms with van der Waals surface area (Å²) in [4.78, 5) is 0. The number of hydrogen-bond donors (Lipinski definition) is 2. The molecular weight excluding hydrogens is 186 g/mol. The van der Waals surface area contributed by atoms with Crippen molar-refractivity contribution in [1.82, 2.24) is 14.9 Å². The van der Waals surface area contributed by atoms with Gasteiger partial charge in [-0.2, -0.15) is 0 Å². The van der Waals surface area contributed by atoms with Crippen molar-refractivity contribution in [3.05, 3.63) is 5.82 Å². The van der Waals surface area contributed by atoms with Crippen LogP contribution in [0.3, 0.4) is 0 Å². The van der Waals surface area contributed by atoms with Crippen LogP contribution in [0.1, 0.15) is 24.6 Å². The monoisotopic (exact) mass is 199 g/mol. The Morgan fingerprint density at radius 2 is 2.23 bits per heavy atom. The van der Waals surface area contributed by atoms with E-state index in [1.165, 1.54) is 12.8 Å². The Bertz CT molecular complexity index is 293. The second kappa shape index (κ2) is 3.55. The summed E-state index contributed by atoms with van der Waals surface area (Å²) in [5, 5.41) is 8.84. The number of nitrogens with zero attached hydrogens (tertiary/aromatic N) is 3. The van der Waals surface area contributed by atoms with E-state index in [0.29, 0.717) is 12.5 Å². The first-order valence-corrected chi connectivity index (χ1v) is 5.34. The fourth-order valence-electron chi connectivity index (χ4n) is 1.16. The third-order valence-corrected chi connectivity index (χ3v) is 2.96. The minimum Gasteiger partial charge on any atom is -0.336 e. The van der Waals surface area contributed by atoms with Crippen LogP contribution in [-0.4, -0.2) is 27.2 Å². The van der Waals surface area contributed by atoms with Gasteiger partial charge in [-0.3, -0.25) is 0 Å². The maximum absolute atomic E-state index is 5.82. The molecule has 0 saturated heterocycles. The maximum Gasteiger partial charge on any atom is 0.209 e. The summed E-state index contributed by atoms with van der Waals surface area (Å²) >= 11 is 1.55. The molecule has 0 unspecified atom stereocenters. The molecule has 0 spiro atoms. The van der Waals surface area contributed by atoms with Gasteiger partial charge < -0.3 is 11.6 Å². The molecule has 1 aromatic heterocycles. The second-order valence-corrected chi connectivity index (χ2v) is 4.18. The van der Waals surface area contributed by atoms with Crippen molar-refractivity contribution in [3.8, 4) is 0 Å². The fraction of sp³-hybridized carbons (Fsp3) is 0.714. The molecule has 1 aliphatic rings. The first-order valence-electron chi connectivity index (χ1n) is 4.36. The van der Waals surface area contributed by atoms with Crippen LogP contribution in [0.25, 0.3) is 0 Å². The van der Waals surface area contributed by atoms with E-state index >= 15 is 0 Å². The van der Waals surface area contributed by atoms with Crippen LogP contribution in [0.15, 0.2) is 5.16 Å².